The molecule has 5 N–H and O–H groups in total. The van der Waals surface area contributed by atoms with Gasteiger partial charge in [0.1, 0.15) is 23.2 Å². The highest BCUT2D eigenvalue weighted by molar-refractivity contribution is 8.00. The molecule has 1 aromatic carbocycles. The van der Waals surface area contributed by atoms with Gasteiger partial charge in [0, 0.05) is 17.7 Å². The fourth-order valence-electron chi connectivity index (χ4n) is 4.14. The van der Waals surface area contributed by atoms with Crippen LogP contribution in [-0.2, 0) is 24.6 Å². The van der Waals surface area contributed by atoms with Crippen LogP contribution < -0.4 is 10.6 Å². The van der Waals surface area contributed by atoms with Crippen molar-refractivity contribution in [3.63, 3.8) is 0 Å². The minimum absolute atomic E-state index is 0.00322. The van der Waals surface area contributed by atoms with E-state index in [0.717, 1.165) is 10.5 Å². The molecule has 2 heterocycles. The number of carboxylic acid groups (broad SMARTS) is 2. The average molecular weight is 534 g/mol. The van der Waals surface area contributed by atoms with E-state index in [4.69, 9.17) is 0 Å². The first-order valence-corrected chi connectivity index (χ1v) is 12.8. The molecule has 1 saturated heterocycles. The lowest BCUT2D eigenvalue weighted by Gasteiger charge is -2.49. The van der Waals surface area contributed by atoms with E-state index in [0.29, 0.717) is 5.56 Å². The molecule has 11 nitrogen and oxygen atoms in total. The number of carbonyl (C=O) groups excluding carboxylic acids is 3. The van der Waals surface area contributed by atoms with Crippen LogP contribution in [0.4, 0.5) is 0 Å². The molecule has 37 heavy (non-hydrogen) atoms. The molecule has 0 aromatic heterocycles. The zero-order chi connectivity index (χ0) is 27.5. The molecule has 0 spiro atoms. The summed E-state index contributed by atoms with van der Waals surface area (Å²) in [4.78, 5) is 61.7. The molecule has 12 heteroatoms. The predicted octanol–water partition coefficient (Wildman–Crippen LogP) is 1.07. The van der Waals surface area contributed by atoms with Crippen LogP contribution in [0.3, 0.4) is 0 Å². The third-order valence-corrected chi connectivity index (χ3v) is 7.61. The largest absolute Gasteiger partial charge is 0.480 e. The Bertz CT molecular complexity index is 1130. The van der Waals surface area contributed by atoms with Crippen LogP contribution in [-0.4, -0.2) is 79.7 Å². The molecule has 3 atom stereocenters. The second-order valence-corrected chi connectivity index (χ2v) is 11.1. The van der Waals surface area contributed by atoms with E-state index >= 15 is 0 Å². The molecule has 0 bridgehead atoms. The SMILES string of the molecule is CC(C)(C)c1ccc(C(=O)NC(CCCC(=O)NC2C(=O)N3C(C(=O)O)=C(CO)CS[C@H]23)C(=O)O)cc1. The van der Waals surface area contributed by atoms with E-state index in [1.807, 2.05) is 32.9 Å². The number of nitrogens with zero attached hydrogens (tertiary/aromatic N) is 1. The lowest BCUT2D eigenvalue weighted by atomic mass is 9.86. The Labute approximate surface area is 218 Å². The number of thioether (sulfide) groups is 1. The highest BCUT2D eigenvalue weighted by Gasteiger charge is 2.54. The van der Waals surface area contributed by atoms with Crippen LogP contribution in [0, 0.1) is 0 Å². The number of aliphatic hydroxyl groups is 1. The molecule has 2 unspecified atom stereocenters. The van der Waals surface area contributed by atoms with Gasteiger partial charge in [0.2, 0.25) is 5.91 Å². The number of amides is 3. The minimum Gasteiger partial charge on any atom is -0.480 e. The van der Waals surface area contributed by atoms with Crippen molar-refractivity contribution >= 4 is 41.4 Å². The van der Waals surface area contributed by atoms with Crippen molar-refractivity contribution in [2.75, 3.05) is 12.4 Å². The molecule has 1 aromatic rings. The standard InChI is InChI=1S/C25H31N3O8S/c1-25(2,3)15-9-7-13(8-10-15)20(31)26-16(23(33)34)5-4-6-17(30)27-18-21(32)28-19(24(35)36)14(11-29)12-37-22(18)28/h7-10,16,18,22,29H,4-6,11-12H2,1-3H3,(H,26,31)(H,27,30)(H,33,34)(H,35,36)/t16?,18?,22-/m1/s1. The Hall–Kier alpha value is -3.38. The Morgan fingerprint density at radius 2 is 1.78 bits per heavy atom. The summed E-state index contributed by atoms with van der Waals surface area (Å²) < 4.78 is 0. The highest BCUT2D eigenvalue weighted by Crippen LogP contribution is 2.40. The van der Waals surface area contributed by atoms with Crippen molar-refractivity contribution in [1.29, 1.82) is 0 Å². The number of hydrogen-bond donors (Lipinski definition) is 5. The van der Waals surface area contributed by atoms with Gasteiger partial charge in [-0.15, -0.1) is 11.8 Å². The van der Waals surface area contributed by atoms with Gasteiger partial charge in [-0.05, 0) is 41.5 Å². The van der Waals surface area contributed by atoms with E-state index < -0.39 is 53.7 Å². The van der Waals surface area contributed by atoms with E-state index in [2.05, 4.69) is 10.6 Å². The maximum absolute atomic E-state index is 12.5. The average Bonchev–Trinajstić information content (AvgIpc) is 2.84. The number of carboxylic acids is 2. The topological polar surface area (TPSA) is 173 Å². The van der Waals surface area contributed by atoms with Crippen molar-refractivity contribution < 1.29 is 39.3 Å². The molecule has 200 valence electrons. The van der Waals surface area contributed by atoms with Gasteiger partial charge in [-0.25, -0.2) is 9.59 Å². The van der Waals surface area contributed by atoms with E-state index in [9.17, 15) is 39.3 Å². The number of fused-ring (bicyclic) bond motifs is 1. The monoisotopic (exact) mass is 533 g/mol. The lowest BCUT2D eigenvalue weighted by molar-refractivity contribution is -0.150. The fraction of sp³-hybridized carbons (Fsp3) is 0.480. The number of nitrogens with one attached hydrogen (secondary N) is 2. The number of β-lactam (4-membered cyclic amide) rings is 1. The van der Waals surface area contributed by atoms with Crippen molar-refractivity contribution in [3.8, 4) is 0 Å². The molecule has 0 saturated carbocycles. The van der Waals surface area contributed by atoms with Gasteiger partial charge in [0.15, 0.2) is 0 Å². The summed E-state index contributed by atoms with van der Waals surface area (Å²) in [6, 6.07) is 4.82. The maximum Gasteiger partial charge on any atom is 0.352 e. The van der Waals surface area contributed by atoms with Crippen LogP contribution in [0.5, 0.6) is 0 Å². The third-order valence-electron chi connectivity index (χ3n) is 6.27. The van der Waals surface area contributed by atoms with Crippen molar-refractivity contribution in [3.05, 3.63) is 46.7 Å². The molecule has 2 aliphatic rings. The van der Waals surface area contributed by atoms with E-state index in [-0.39, 0.29) is 41.7 Å². The molecule has 1 fully saturated rings. The molecule has 2 aliphatic heterocycles. The first-order valence-electron chi connectivity index (χ1n) is 11.8. The highest BCUT2D eigenvalue weighted by atomic mass is 32.2. The first-order chi connectivity index (χ1) is 17.3. The molecule has 3 rings (SSSR count). The molecule has 0 aliphatic carbocycles. The van der Waals surface area contributed by atoms with E-state index in [1.54, 1.807) is 12.1 Å². The fourth-order valence-corrected chi connectivity index (χ4v) is 5.47. The van der Waals surface area contributed by atoms with Crippen molar-refractivity contribution in [1.82, 2.24) is 15.5 Å². The molecular weight excluding hydrogens is 502 g/mol. The Morgan fingerprint density at radius 3 is 2.32 bits per heavy atom. The predicted molar refractivity (Wildman–Crippen MR) is 135 cm³/mol. The van der Waals surface area contributed by atoms with Gasteiger partial charge in [-0.2, -0.15) is 0 Å². The summed E-state index contributed by atoms with van der Waals surface area (Å²) in [6.07, 6.45) is 0.0667. The molecule has 3 amide bonds. The maximum atomic E-state index is 12.5. The summed E-state index contributed by atoms with van der Waals surface area (Å²) in [5, 5.41) is 32.8. The smallest absolute Gasteiger partial charge is 0.352 e. The number of benzene rings is 1. The molecular formula is C25H31N3O8S. The van der Waals surface area contributed by atoms with Crippen LogP contribution in [0.25, 0.3) is 0 Å². The zero-order valence-electron chi connectivity index (χ0n) is 20.8. The normalized spacial score (nSPS) is 20.0. The van der Waals surface area contributed by atoms with E-state index in [1.165, 1.54) is 11.8 Å². The summed E-state index contributed by atoms with van der Waals surface area (Å²) in [5.74, 6) is -3.92. The Morgan fingerprint density at radius 1 is 1.14 bits per heavy atom. The summed E-state index contributed by atoms with van der Waals surface area (Å²) in [6.45, 7) is 5.65. The third kappa shape index (κ3) is 6.31. The quantitative estimate of drug-likeness (QED) is 0.276. The minimum atomic E-state index is -1.32. The van der Waals surface area contributed by atoms with Gasteiger partial charge in [-0.1, -0.05) is 32.9 Å². The van der Waals surface area contributed by atoms with Gasteiger partial charge in [0.25, 0.3) is 11.8 Å². The summed E-state index contributed by atoms with van der Waals surface area (Å²) in [5.41, 5.74) is 1.26. The Kier molecular flexibility index (Phi) is 8.64. The lowest BCUT2D eigenvalue weighted by Crippen LogP contribution is -2.70. The summed E-state index contributed by atoms with van der Waals surface area (Å²) in [7, 11) is 0. The first kappa shape index (κ1) is 28.2. The number of hydrogen-bond acceptors (Lipinski definition) is 7. The number of aliphatic hydroxyl groups excluding tert-OH is 1. The van der Waals surface area contributed by atoms with Crippen LogP contribution >= 0.6 is 11.8 Å². The van der Waals surface area contributed by atoms with Gasteiger partial charge in [-0.3, -0.25) is 19.3 Å². The number of rotatable bonds is 10. The van der Waals surface area contributed by atoms with Gasteiger partial charge in [0.05, 0.1) is 6.61 Å². The van der Waals surface area contributed by atoms with Gasteiger partial charge < -0.3 is 26.0 Å². The second-order valence-electron chi connectivity index (χ2n) is 9.95. The zero-order valence-corrected chi connectivity index (χ0v) is 21.6. The second kappa shape index (κ2) is 11.3. The van der Waals surface area contributed by atoms with Crippen LogP contribution in [0.15, 0.2) is 35.5 Å². The number of aliphatic carboxylic acids is 2. The summed E-state index contributed by atoms with van der Waals surface area (Å²) >= 11 is 1.24. The Balaban J connectivity index is 1.50. The van der Waals surface area contributed by atoms with Gasteiger partial charge >= 0.3 is 11.9 Å². The number of carbonyl (C=O) groups is 5. The van der Waals surface area contributed by atoms with Crippen molar-refractivity contribution in [2.24, 2.45) is 0 Å². The molecule has 0 radical (unpaired) electrons. The van der Waals surface area contributed by atoms with Crippen molar-refractivity contribution in [2.45, 2.75) is 62.9 Å². The van der Waals surface area contributed by atoms with Crippen LogP contribution in [0.1, 0.15) is 56.0 Å². The van der Waals surface area contributed by atoms with Crippen LogP contribution in [0.2, 0.25) is 0 Å².